The van der Waals surface area contributed by atoms with Crippen molar-refractivity contribution in [2.45, 2.75) is 39.8 Å². The van der Waals surface area contributed by atoms with Gasteiger partial charge in [0.1, 0.15) is 0 Å². The summed E-state index contributed by atoms with van der Waals surface area (Å²) >= 11 is 12.3. The SMILES string of the molecule is CCc1nn(Cc2cc(Cl)ccc2Cl)c(CC)c1CN. The highest BCUT2D eigenvalue weighted by Crippen LogP contribution is 2.23. The largest absolute Gasteiger partial charge is 0.326 e. The van der Waals surface area contributed by atoms with E-state index in [9.17, 15) is 0 Å². The lowest BCUT2D eigenvalue weighted by Gasteiger charge is -2.09. The Bertz CT molecular complexity index is 605. The van der Waals surface area contributed by atoms with Gasteiger partial charge in [0.25, 0.3) is 0 Å². The van der Waals surface area contributed by atoms with E-state index in [-0.39, 0.29) is 0 Å². The maximum Gasteiger partial charge on any atom is 0.0677 e. The zero-order valence-corrected chi connectivity index (χ0v) is 13.3. The van der Waals surface area contributed by atoms with E-state index >= 15 is 0 Å². The number of halogens is 2. The first-order chi connectivity index (χ1) is 9.60. The molecule has 108 valence electrons. The van der Waals surface area contributed by atoms with Gasteiger partial charge in [-0.1, -0.05) is 37.0 Å². The Labute approximate surface area is 129 Å². The number of hydrogen-bond donors (Lipinski definition) is 1. The van der Waals surface area contributed by atoms with Gasteiger partial charge in [-0.15, -0.1) is 0 Å². The Morgan fingerprint density at radius 1 is 1.20 bits per heavy atom. The van der Waals surface area contributed by atoms with Crippen molar-refractivity contribution < 1.29 is 0 Å². The van der Waals surface area contributed by atoms with E-state index in [0.29, 0.717) is 23.1 Å². The second-order valence-corrected chi connectivity index (χ2v) is 5.52. The lowest BCUT2D eigenvalue weighted by molar-refractivity contribution is 0.639. The molecule has 0 saturated heterocycles. The summed E-state index contributed by atoms with van der Waals surface area (Å²) in [5.41, 5.74) is 10.3. The fourth-order valence-corrected chi connectivity index (χ4v) is 2.83. The molecule has 0 bridgehead atoms. The molecule has 0 saturated carbocycles. The van der Waals surface area contributed by atoms with Crippen molar-refractivity contribution in [1.29, 1.82) is 0 Å². The molecule has 5 heteroatoms. The maximum atomic E-state index is 6.23. The molecular formula is C15H19Cl2N3. The van der Waals surface area contributed by atoms with E-state index in [1.807, 2.05) is 16.8 Å². The predicted octanol–water partition coefficient (Wildman–Crippen LogP) is 3.82. The molecule has 20 heavy (non-hydrogen) atoms. The van der Waals surface area contributed by atoms with Crippen molar-refractivity contribution in [3.63, 3.8) is 0 Å². The van der Waals surface area contributed by atoms with Crippen molar-refractivity contribution in [1.82, 2.24) is 9.78 Å². The van der Waals surface area contributed by atoms with Crippen molar-refractivity contribution in [3.05, 3.63) is 50.8 Å². The van der Waals surface area contributed by atoms with Crippen LogP contribution in [0.3, 0.4) is 0 Å². The first kappa shape index (κ1) is 15.4. The Morgan fingerprint density at radius 3 is 2.55 bits per heavy atom. The first-order valence-electron chi connectivity index (χ1n) is 6.82. The average molecular weight is 312 g/mol. The highest BCUT2D eigenvalue weighted by molar-refractivity contribution is 6.33. The van der Waals surface area contributed by atoms with Crippen molar-refractivity contribution in [2.75, 3.05) is 0 Å². The third kappa shape index (κ3) is 3.00. The van der Waals surface area contributed by atoms with Crippen LogP contribution in [0.2, 0.25) is 10.0 Å². The molecule has 0 aliphatic rings. The number of aryl methyl sites for hydroxylation is 1. The quantitative estimate of drug-likeness (QED) is 0.912. The van der Waals surface area contributed by atoms with Gasteiger partial charge in [-0.25, -0.2) is 0 Å². The fourth-order valence-electron chi connectivity index (χ4n) is 2.46. The topological polar surface area (TPSA) is 43.8 Å². The van der Waals surface area contributed by atoms with Crippen LogP contribution in [0.4, 0.5) is 0 Å². The van der Waals surface area contributed by atoms with Crippen LogP contribution in [-0.2, 0) is 25.9 Å². The molecule has 2 aromatic rings. The molecule has 0 unspecified atom stereocenters. The van der Waals surface area contributed by atoms with Gasteiger partial charge < -0.3 is 5.73 Å². The van der Waals surface area contributed by atoms with E-state index in [2.05, 4.69) is 18.9 Å². The van der Waals surface area contributed by atoms with Gasteiger partial charge in [-0.05, 0) is 36.6 Å². The monoisotopic (exact) mass is 311 g/mol. The van der Waals surface area contributed by atoms with Crippen LogP contribution in [0.1, 0.15) is 36.4 Å². The standard InChI is InChI=1S/C15H19Cl2N3/c1-3-14-12(8-18)15(4-2)20(19-14)9-10-7-11(16)5-6-13(10)17/h5-7H,3-4,8-9,18H2,1-2H3. The molecule has 0 radical (unpaired) electrons. The lowest BCUT2D eigenvalue weighted by Crippen LogP contribution is -2.08. The molecule has 2 N–H and O–H groups in total. The number of rotatable bonds is 5. The first-order valence-corrected chi connectivity index (χ1v) is 7.57. The van der Waals surface area contributed by atoms with E-state index in [1.165, 1.54) is 5.69 Å². The van der Waals surface area contributed by atoms with Gasteiger partial charge in [0.05, 0.1) is 12.2 Å². The van der Waals surface area contributed by atoms with Crippen LogP contribution < -0.4 is 5.73 Å². The summed E-state index contributed by atoms with van der Waals surface area (Å²) in [6.07, 6.45) is 1.79. The second kappa shape index (κ2) is 6.61. The third-order valence-corrected chi connectivity index (χ3v) is 4.06. The lowest BCUT2D eigenvalue weighted by atomic mass is 10.1. The summed E-state index contributed by atoms with van der Waals surface area (Å²) in [6, 6.07) is 5.50. The summed E-state index contributed by atoms with van der Waals surface area (Å²) < 4.78 is 2.00. The van der Waals surface area contributed by atoms with Crippen LogP contribution in [0.25, 0.3) is 0 Å². The molecule has 0 fully saturated rings. The third-order valence-electron chi connectivity index (χ3n) is 3.45. The van der Waals surface area contributed by atoms with E-state index < -0.39 is 0 Å². The Kier molecular flexibility index (Phi) is 5.08. The highest BCUT2D eigenvalue weighted by atomic mass is 35.5. The van der Waals surface area contributed by atoms with Crippen LogP contribution >= 0.6 is 23.2 Å². The van der Waals surface area contributed by atoms with Gasteiger partial charge >= 0.3 is 0 Å². The molecule has 1 aromatic carbocycles. The van der Waals surface area contributed by atoms with Gasteiger partial charge in [0, 0.05) is 27.8 Å². The van der Waals surface area contributed by atoms with E-state index in [0.717, 1.165) is 29.7 Å². The number of benzene rings is 1. The van der Waals surface area contributed by atoms with Gasteiger partial charge in [-0.2, -0.15) is 5.10 Å². The summed E-state index contributed by atoms with van der Waals surface area (Å²) in [5, 5.41) is 6.06. The number of nitrogens with zero attached hydrogens (tertiary/aromatic N) is 2. The Hall–Kier alpha value is -1.03. The number of aromatic nitrogens is 2. The van der Waals surface area contributed by atoms with E-state index in [4.69, 9.17) is 28.9 Å². The van der Waals surface area contributed by atoms with Crippen molar-refractivity contribution in [3.8, 4) is 0 Å². The molecule has 0 atom stereocenters. The summed E-state index contributed by atoms with van der Waals surface area (Å²) in [6.45, 7) is 5.36. The average Bonchev–Trinajstić information content (AvgIpc) is 2.79. The van der Waals surface area contributed by atoms with Crippen LogP contribution in [-0.4, -0.2) is 9.78 Å². The van der Waals surface area contributed by atoms with Crippen LogP contribution in [0, 0.1) is 0 Å². The molecule has 0 aliphatic heterocycles. The molecular weight excluding hydrogens is 293 g/mol. The Balaban J connectivity index is 2.42. The summed E-state index contributed by atoms with van der Waals surface area (Å²) in [4.78, 5) is 0. The molecule has 1 heterocycles. The molecule has 3 nitrogen and oxygen atoms in total. The molecule has 0 amide bonds. The highest BCUT2D eigenvalue weighted by Gasteiger charge is 2.15. The van der Waals surface area contributed by atoms with Crippen LogP contribution in [0.5, 0.6) is 0 Å². The maximum absolute atomic E-state index is 6.23. The second-order valence-electron chi connectivity index (χ2n) is 4.68. The van der Waals surface area contributed by atoms with Gasteiger partial charge in [0.2, 0.25) is 0 Å². The zero-order valence-electron chi connectivity index (χ0n) is 11.8. The molecule has 0 spiro atoms. The number of hydrogen-bond acceptors (Lipinski definition) is 2. The van der Waals surface area contributed by atoms with Crippen molar-refractivity contribution >= 4 is 23.2 Å². The van der Waals surface area contributed by atoms with Gasteiger partial charge in [0.15, 0.2) is 0 Å². The van der Waals surface area contributed by atoms with Gasteiger partial charge in [-0.3, -0.25) is 4.68 Å². The molecule has 2 rings (SSSR count). The van der Waals surface area contributed by atoms with Crippen LogP contribution in [0.15, 0.2) is 18.2 Å². The molecule has 0 aliphatic carbocycles. The predicted molar refractivity (Wildman–Crippen MR) is 84.4 cm³/mol. The fraction of sp³-hybridized carbons (Fsp3) is 0.400. The minimum absolute atomic E-state index is 0.523. The minimum Gasteiger partial charge on any atom is -0.326 e. The summed E-state index contributed by atoms with van der Waals surface area (Å²) in [7, 11) is 0. The summed E-state index contributed by atoms with van der Waals surface area (Å²) in [5.74, 6) is 0. The normalized spacial score (nSPS) is 11.1. The van der Waals surface area contributed by atoms with E-state index in [1.54, 1.807) is 6.07 Å². The smallest absolute Gasteiger partial charge is 0.0677 e. The molecule has 1 aromatic heterocycles. The van der Waals surface area contributed by atoms with Crippen molar-refractivity contribution in [2.24, 2.45) is 5.73 Å². The Morgan fingerprint density at radius 2 is 1.95 bits per heavy atom. The number of nitrogens with two attached hydrogens (primary N) is 1. The zero-order chi connectivity index (χ0) is 14.7. The minimum atomic E-state index is 0.523.